The van der Waals surface area contributed by atoms with Crippen LogP contribution in [0.25, 0.3) is 10.8 Å². The number of methoxy groups -OCH3 is 1. The standard InChI is InChI=1S/C14H16N2O3/c1-16(8-7-13(17)19-2)12-9-10-5-3-4-6-11(10)14(18)15-12/h3-6,9H,7-8H2,1-2H3,(H,15,18). The van der Waals surface area contributed by atoms with Crippen LogP contribution in [0.15, 0.2) is 35.1 Å². The molecule has 0 saturated carbocycles. The summed E-state index contributed by atoms with van der Waals surface area (Å²) in [6.45, 7) is 0.487. The number of esters is 1. The van der Waals surface area contributed by atoms with Crippen molar-refractivity contribution < 1.29 is 9.53 Å². The number of hydrogen-bond donors (Lipinski definition) is 1. The van der Waals surface area contributed by atoms with E-state index in [1.807, 2.05) is 36.2 Å². The molecule has 0 saturated heterocycles. The molecular formula is C14H16N2O3. The maximum absolute atomic E-state index is 11.9. The van der Waals surface area contributed by atoms with Crippen molar-refractivity contribution in [3.05, 3.63) is 40.7 Å². The van der Waals surface area contributed by atoms with Crippen molar-refractivity contribution in [2.75, 3.05) is 25.6 Å². The number of fused-ring (bicyclic) bond motifs is 1. The topological polar surface area (TPSA) is 62.4 Å². The molecule has 0 fully saturated rings. The maximum atomic E-state index is 11.9. The number of pyridine rings is 1. The highest BCUT2D eigenvalue weighted by atomic mass is 16.5. The molecule has 0 aliphatic rings. The smallest absolute Gasteiger partial charge is 0.307 e. The van der Waals surface area contributed by atoms with Gasteiger partial charge in [0.25, 0.3) is 5.56 Å². The number of nitrogens with zero attached hydrogens (tertiary/aromatic N) is 1. The SMILES string of the molecule is COC(=O)CCN(C)c1cc2ccccc2c(=O)[nH]1. The number of H-pyrrole nitrogens is 1. The Balaban J connectivity index is 2.25. The van der Waals surface area contributed by atoms with Gasteiger partial charge in [-0.2, -0.15) is 0 Å². The number of ether oxygens (including phenoxy) is 1. The Kier molecular flexibility index (Phi) is 3.85. The molecule has 100 valence electrons. The molecule has 1 N–H and O–H groups in total. The molecule has 0 aliphatic heterocycles. The normalized spacial score (nSPS) is 10.4. The van der Waals surface area contributed by atoms with Crippen LogP contribution in [-0.4, -0.2) is 31.7 Å². The van der Waals surface area contributed by atoms with E-state index in [2.05, 4.69) is 9.72 Å². The van der Waals surface area contributed by atoms with E-state index in [0.717, 1.165) is 5.39 Å². The van der Waals surface area contributed by atoms with Gasteiger partial charge in [-0.15, -0.1) is 0 Å². The Hall–Kier alpha value is -2.30. The van der Waals surface area contributed by atoms with E-state index in [0.29, 0.717) is 17.7 Å². The van der Waals surface area contributed by atoms with Crippen LogP contribution < -0.4 is 10.5 Å². The number of carbonyl (C=O) groups is 1. The molecule has 2 rings (SSSR count). The zero-order chi connectivity index (χ0) is 13.8. The van der Waals surface area contributed by atoms with Crippen LogP contribution in [0.1, 0.15) is 6.42 Å². The van der Waals surface area contributed by atoms with Gasteiger partial charge in [-0.25, -0.2) is 0 Å². The van der Waals surface area contributed by atoms with Gasteiger partial charge in [0.2, 0.25) is 0 Å². The Labute approximate surface area is 110 Å². The van der Waals surface area contributed by atoms with Gasteiger partial charge < -0.3 is 14.6 Å². The molecule has 5 heteroatoms. The lowest BCUT2D eigenvalue weighted by molar-refractivity contribution is -0.140. The van der Waals surface area contributed by atoms with Gasteiger partial charge >= 0.3 is 5.97 Å². The van der Waals surface area contributed by atoms with Crippen LogP contribution in [0.3, 0.4) is 0 Å². The summed E-state index contributed by atoms with van der Waals surface area (Å²) in [4.78, 5) is 27.7. The second-order valence-electron chi connectivity index (χ2n) is 4.32. The summed E-state index contributed by atoms with van der Waals surface area (Å²) in [6.07, 6.45) is 0.280. The Morgan fingerprint density at radius 1 is 1.37 bits per heavy atom. The van der Waals surface area contributed by atoms with Crippen LogP contribution in [0, 0.1) is 0 Å². The summed E-state index contributed by atoms with van der Waals surface area (Å²) in [5.41, 5.74) is -0.127. The number of anilines is 1. The van der Waals surface area contributed by atoms with E-state index >= 15 is 0 Å². The largest absolute Gasteiger partial charge is 0.469 e. The van der Waals surface area contributed by atoms with Crippen molar-refractivity contribution in [1.29, 1.82) is 0 Å². The van der Waals surface area contributed by atoms with Gasteiger partial charge in [-0.3, -0.25) is 9.59 Å². The minimum Gasteiger partial charge on any atom is -0.469 e. The molecule has 0 atom stereocenters. The molecule has 0 spiro atoms. The molecule has 5 nitrogen and oxygen atoms in total. The van der Waals surface area contributed by atoms with Gasteiger partial charge in [-0.1, -0.05) is 18.2 Å². The van der Waals surface area contributed by atoms with Crippen molar-refractivity contribution >= 4 is 22.6 Å². The van der Waals surface area contributed by atoms with Gasteiger partial charge in [0.05, 0.1) is 13.5 Å². The summed E-state index contributed by atoms with van der Waals surface area (Å²) in [7, 11) is 3.18. The molecule has 1 aromatic heterocycles. The van der Waals surface area contributed by atoms with Crippen LogP contribution in [-0.2, 0) is 9.53 Å². The summed E-state index contributed by atoms with van der Waals surface area (Å²) in [5.74, 6) is 0.419. The first-order chi connectivity index (χ1) is 9.11. The second-order valence-corrected chi connectivity index (χ2v) is 4.32. The Bertz CT molecular complexity index is 648. The molecular weight excluding hydrogens is 244 g/mol. The highest BCUT2D eigenvalue weighted by molar-refractivity contribution is 5.83. The average molecular weight is 260 g/mol. The van der Waals surface area contributed by atoms with E-state index in [1.165, 1.54) is 7.11 Å². The zero-order valence-electron chi connectivity index (χ0n) is 11.0. The third-order valence-corrected chi connectivity index (χ3v) is 3.03. The number of carbonyl (C=O) groups excluding carboxylic acids is 1. The predicted octanol–water partition coefficient (Wildman–Crippen LogP) is 1.53. The van der Waals surface area contributed by atoms with E-state index in [9.17, 15) is 9.59 Å². The monoisotopic (exact) mass is 260 g/mol. The molecule has 1 aromatic carbocycles. The number of nitrogens with one attached hydrogen (secondary N) is 1. The summed E-state index contributed by atoms with van der Waals surface area (Å²) < 4.78 is 4.59. The van der Waals surface area contributed by atoms with Crippen molar-refractivity contribution in [3.63, 3.8) is 0 Å². The summed E-state index contributed by atoms with van der Waals surface area (Å²) in [5, 5.41) is 1.54. The lowest BCUT2D eigenvalue weighted by Gasteiger charge is -2.18. The van der Waals surface area contributed by atoms with Gasteiger partial charge in [-0.05, 0) is 17.5 Å². The Morgan fingerprint density at radius 2 is 2.11 bits per heavy atom. The fraction of sp³-hybridized carbons (Fsp3) is 0.286. The lowest BCUT2D eigenvalue weighted by Crippen LogP contribution is -2.24. The first-order valence-electron chi connectivity index (χ1n) is 6.02. The first-order valence-corrected chi connectivity index (χ1v) is 6.02. The third kappa shape index (κ3) is 2.93. The minimum absolute atomic E-state index is 0.127. The number of benzene rings is 1. The van der Waals surface area contributed by atoms with Crippen LogP contribution in [0.4, 0.5) is 5.82 Å². The highest BCUT2D eigenvalue weighted by Gasteiger charge is 2.08. The Morgan fingerprint density at radius 3 is 2.84 bits per heavy atom. The van der Waals surface area contributed by atoms with Crippen molar-refractivity contribution in [2.45, 2.75) is 6.42 Å². The highest BCUT2D eigenvalue weighted by Crippen LogP contribution is 2.15. The molecule has 0 aliphatic carbocycles. The maximum Gasteiger partial charge on any atom is 0.307 e. The first kappa shape index (κ1) is 13.1. The summed E-state index contributed by atoms with van der Waals surface area (Å²) in [6, 6.07) is 9.29. The quantitative estimate of drug-likeness (QED) is 0.847. The molecule has 19 heavy (non-hydrogen) atoms. The third-order valence-electron chi connectivity index (χ3n) is 3.03. The fourth-order valence-corrected chi connectivity index (χ4v) is 1.88. The van der Waals surface area contributed by atoms with E-state index in [1.54, 1.807) is 6.07 Å². The lowest BCUT2D eigenvalue weighted by atomic mass is 10.2. The molecule has 0 bridgehead atoms. The minimum atomic E-state index is -0.269. The summed E-state index contributed by atoms with van der Waals surface area (Å²) >= 11 is 0. The number of rotatable bonds is 4. The molecule has 1 heterocycles. The van der Waals surface area contributed by atoms with E-state index in [4.69, 9.17) is 0 Å². The predicted molar refractivity (Wildman–Crippen MR) is 74.5 cm³/mol. The van der Waals surface area contributed by atoms with Crippen molar-refractivity contribution in [3.8, 4) is 0 Å². The van der Waals surface area contributed by atoms with Gasteiger partial charge in [0, 0.05) is 19.0 Å². The van der Waals surface area contributed by atoms with Crippen LogP contribution in [0.2, 0.25) is 0 Å². The van der Waals surface area contributed by atoms with Crippen molar-refractivity contribution in [2.24, 2.45) is 0 Å². The van der Waals surface area contributed by atoms with Crippen LogP contribution in [0.5, 0.6) is 0 Å². The zero-order valence-corrected chi connectivity index (χ0v) is 11.0. The second kappa shape index (κ2) is 5.56. The van der Waals surface area contributed by atoms with E-state index < -0.39 is 0 Å². The van der Waals surface area contributed by atoms with E-state index in [-0.39, 0.29) is 17.9 Å². The van der Waals surface area contributed by atoms with Crippen molar-refractivity contribution in [1.82, 2.24) is 4.98 Å². The molecule has 0 radical (unpaired) electrons. The van der Waals surface area contributed by atoms with Gasteiger partial charge in [0.1, 0.15) is 5.82 Å². The van der Waals surface area contributed by atoms with Gasteiger partial charge in [0.15, 0.2) is 0 Å². The molecule has 0 unspecified atom stereocenters. The average Bonchev–Trinajstić information content (AvgIpc) is 2.44. The molecule has 0 amide bonds. The number of hydrogen-bond acceptors (Lipinski definition) is 4. The van der Waals surface area contributed by atoms with Crippen LogP contribution >= 0.6 is 0 Å². The number of aromatic amines is 1. The number of aromatic nitrogens is 1. The molecule has 2 aromatic rings. The fourth-order valence-electron chi connectivity index (χ4n) is 1.88.